The number of ether oxygens (including phenoxy) is 1. The molecule has 2 rings (SSSR count). The number of rotatable bonds is 7. The zero-order chi connectivity index (χ0) is 14.0. The normalized spacial score (nSPS) is 16.6. The number of hydrogen-bond donors (Lipinski definition) is 0. The second-order valence-electron chi connectivity index (χ2n) is 5.04. The number of Topliss-reactive ketones (excluding diaryl/α,β-unsaturated/α-hetero) is 1. The van der Waals surface area contributed by atoms with E-state index in [0.717, 1.165) is 35.1 Å². The summed E-state index contributed by atoms with van der Waals surface area (Å²) in [5.74, 6) is 0.612. The van der Waals surface area contributed by atoms with E-state index in [1.54, 1.807) is 4.68 Å². The predicted molar refractivity (Wildman–Crippen MR) is 77.1 cm³/mol. The van der Waals surface area contributed by atoms with Crippen LogP contribution >= 0.6 is 15.9 Å². The highest BCUT2D eigenvalue weighted by Gasteiger charge is 2.37. The zero-order valence-electron chi connectivity index (χ0n) is 11.8. The molecular formula is C14H21BrN2O2. The monoisotopic (exact) mass is 328 g/mol. The van der Waals surface area contributed by atoms with Gasteiger partial charge in [0, 0.05) is 13.7 Å². The van der Waals surface area contributed by atoms with Crippen molar-refractivity contribution in [2.75, 3.05) is 6.61 Å². The summed E-state index contributed by atoms with van der Waals surface area (Å²) in [6.07, 6.45) is 3.26. The molecule has 5 heteroatoms. The van der Waals surface area contributed by atoms with Crippen LogP contribution in [0.3, 0.4) is 0 Å². The molecule has 0 aromatic carbocycles. The van der Waals surface area contributed by atoms with Gasteiger partial charge in [-0.3, -0.25) is 9.48 Å². The fraction of sp³-hybridized carbons (Fsp3) is 0.714. The molecule has 1 heterocycles. The molecule has 1 aromatic heterocycles. The van der Waals surface area contributed by atoms with Crippen molar-refractivity contribution in [1.82, 2.24) is 9.78 Å². The summed E-state index contributed by atoms with van der Waals surface area (Å²) in [5, 5.41) is 4.42. The first-order valence-electron chi connectivity index (χ1n) is 6.93. The Morgan fingerprint density at radius 3 is 2.68 bits per heavy atom. The lowest BCUT2D eigenvalue weighted by Crippen LogP contribution is -2.28. The Labute approximate surface area is 122 Å². The average Bonchev–Trinajstić information content (AvgIpc) is 3.18. The highest BCUT2D eigenvalue weighted by molar-refractivity contribution is 9.10. The minimum atomic E-state index is -0.225. The Morgan fingerprint density at radius 2 is 2.21 bits per heavy atom. The molecule has 0 radical (unpaired) electrons. The van der Waals surface area contributed by atoms with Gasteiger partial charge in [-0.25, -0.2) is 0 Å². The van der Waals surface area contributed by atoms with E-state index in [4.69, 9.17) is 4.74 Å². The largest absolute Gasteiger partial charge is 0.370 e. The van der Waals surface area contributed by atoms with Crippen LogP contribution in [0.2, 0.25) is 0 Å². The SMILES string of the molecule is CCOC(C(=O)Cc1c(Br)c(CC)nn1C)C1CC1. The van der Waals surface area contributed by atoms with Crippen LogP contribution in [0, 0.1) is 5.92 Å². The lowest BCUT2D eigenvalue weighted by molar-refractivity contribution is -0.131. The van der Waals surface area contributed by atoms with Crippen LogP contribution in [0.5, 0.6) is 0 Å². The van der Waals surface area contributed by atoms with E-state index in [9.17, 15) is 4.79 Å². The van der Waals surface area contributed by atoms with Crippen molar-refractivity contribution in [3.05, 3.63) is 15.9 Å². The number of halogens is 1. The molecule has 4 nitrogen and oxygen atoms in total. The van der Waals surface area contributed by atoms with E-state index in [1.165, 1.54) is 0 Å². The molecule has 1 aliphatic rings. The van der Waals surface area contributed by atoms with Crippen molar-refractivity contribution in [3.63, 3.8) is 0 Å². The first-order valence-corrected chi connectivity index (χ1v) is 7.72. The van der Waals surface area contributed by atoms with Gasteiger partial charge >= 0.3 is 0 Å². The fourth-order valence-electron chi connectivity index (χ4n) is 2.35. The first kappa shape index (κ1) is 14.7. The Kier molecular flexibility index (Phi) is 4.79. The molecule has 1 aliphatic carbocycles. The topological polar surface area (TPSA) is 44.1 Å². The molecule has 19 heavy (non-hydrogen) atoms. The van der Waals surface area contributed by atoms with Crippen LogP contribution in [0.1, 0.15) is 38.1 Å². The van der Waals surface area contributed by atoms with Gasteiger partial charge in [0.25, 0.3) is 0 Å². The molecule has 1 fully saturated rings. The van der Waals surface area contributed by atoms with Crippen molar-refractivity contribution in [1.29, 1.82) is 0 Å². The summed E-state index contributed by atoms with van der Waals surface area (Å²) in [6.45, 7) is 4.60. The Bertz CT molecular complexity index is 466. The fourth-order valence-corrected chi connectivity index (χ4v) is 3.10. The number of nitrogens with zero attached hydrogens (tertiary/aromatic N) is 2. The third kappa shape index (κ3) is 3.26. The van der Waals surface area contributed by atoms with Gasteiger partial charge in [-0.2, -0.15) is 5.10 Å². The number of ketones is 1. The Morgan fingerprint density at radius 1 is 1.53 bits per heavy atom. The van der Waals surface area contributed by atoms with Crippen molar-refractivity contribution in [3.8, 4) is 0 Å². The van der Waals surface area contributed by atoms with Gasteiger partial charge in [-0.05, 0) is 48.0 Å². The number of hydrogen-bond acceptors (Lipinski definition) is 3. The molecule has 106 valence electrons. The maximum atomic E-state index is 12.4. The van der Waals surface area contributed by atoms with Gasteiger partial charge in [-0.1, -0.05) is 6.92 Å². The summed E-state index contributed by atoms with van der Waals surface area (Å²) in [7, 11) is 1.89. The summed E-state index contributed by atoms with van der Waals surface area (Å²) >= 11 is 3.56. The maximum Gasteiger partial charge on any atom is 0.167 e. The lowest BCUT2D eigenvalue weighted by Gasteiger charge is -2.15. The molecule has 1 unspecified atom stereocenters. The summed E-state index contributed by atoms with van der Waals surface area (Å²) in [5.41, 5.74) is 1.96. The van der Waals surface area contributed by atoms with Crippen LogP contribution < -0.4 is 0 Å². The standard InChI is InChI=1S/C14H21BrN2O2/c1-4-10-13(15)11(17(3)16-10)8-12(18)14(19-5-2)9-6-7-9/h9,14H,4-8H2,1-3H3. The van der Waals surface area contributed by atoms with E-state index in [1.807, 2.05) is 14.0 Å². The number of aryl methyl sites for hydroxylation is 2. The average molecular weight is 329 g/mol. The Balaban J connectivity index is 2.11. The molecule has 0 bridgehead atoms. The van der Waals surface area contributed by atoms with Crippen LogP contribution in [0.15, 0.2) is 4.47 Å². The van der Waals surface area contributed by atoms with Crippen LogP contribution in [0.25, 0.3) is 0 Å². The quantitative estimate of drug-likeness (QED) is 0.772. The third-order valence-electron chi connectivity index (χ3n) is 3.56. The van der Waals surface area contributed by atoms with Gasteiger partial charge < -0.3 is 4.74 Å². The molecule has 0 aliphatic heterocycles. The van der Waals surface area contributed by atoms with Crippen molar-refractivity contribution >= 4 is 21.7 Å². The number of carbonyl (C=O) groups is 1. The van der Waals surface area contributed by atoms with Crippen LogP contribution in [0.4, 0.5) is 0 Å². The predicted octanol–water partition coefficient (Wildman–Crippen LogP) is 2.67. The second kappa shape index (κ2) is 6.18. The summed E-state index contributed by atoms with van der Waals surface area (Å²) in [6, 6.07) is 0. The molecule has 1 saturated carbocycles. The minimum absolute atomic E-state index is 0.177. The lowest BCUT2D eigenvalue weighted by atomic mass is 10.1. The molecule has 1 aromatic rings. The van der Waals surface area contributed by atoms with E-state index >= 15 is 0 Å². The smallest absolute Gasteiger partial charge is 0.167 e. The van der Waals surface area contributed by atoms with E-state index in [-0.39, 0.29) is 11.9 Å². The van der Waals surface area contributed by atoms with Crippen LogP contribution in [-0.2, 0) is 29.4 Å². The second-order valence-corrected chi connectivity index (χ2v) is 5.83. The van der Waals surface area contributed by atoms with Gasteiger partial charge in [0.15, 0.2) is 5.78 Å². The van der Waals surface area contributed by atoms with Crippen molar-refractivity contribution in [2.45, 2.75) is 45.6 Å². The van der Waals surface area contributed by atoms with E-state index in [0.29, 0.717) is 18.9 Å². The molecule has 0 amide bonds. The minimum Gasteiger partial charge on any atom is -0.370 e. The van der Waals surface area contributed by atoms with Gasteiger partial charge in [0.1, 0.15) is 6.10 Å². The van der Waals surface area contributed by atoms with E-state index in [2.05, 4.69) is 28.0 Å². The van der Waals surface area contributed by atoms with Gasteiger partial charge in [-0.15, -0.1) is 0 Å². The number of aromatic nitrogens is 2. The highest BCUT2D eigenvalue weighted by Crippen LogP contribution is 2.35. The molecule has 0 spiro atoms. The van der Waals surface area contributed by atoms with Gasteiger partial charge in [0.2, 0.25) is 0 Å². The first-order chi connectivity index (χ1) is 9.08. The molecule has 1 atom stereocenters. The maximum absolute atomic E-state index is 12.4. The zero-order valence-corrected chi connectivity index (χ0v) is 13.4. The van der Waals surface area contributed by atoms with Crippen LogP contribution in [-0.4, -0.2) is 28.3 Å². The summed E-state index contributed by atoms with van der Waals surface area (Å²) in [4.78, 5) is 12.4. The number of carbonyl (C=O) groups excluding carboxylic acids is 1. The summed E-state index contributed by atoms with van der Waals surface area (Å²) < 4.78 is 8.39. The third-order valence-corrected chi connectivity index (χ3v) is 4.47. The van der Waals surface area contributed by atoms with Crippen molar-refractivity contribution in [2.24, 2.45) is 13.0 Å². The van der Waals surface area contributed by atoms with Crippen molar-refractivity contribution < 1.29 is 9.53 Å². The highest BCUT2D eigenvalue weighted by atomic mass is 79.9. The van der Waals surface area contributed by atoms with Gasteiger partial charge in [0.05, 0.1) is 22.3 Å². The van der Waals surface area contributed by atoms with E-state index < -0.39 is 0 Å². The molecule has 0 saturated heterocycles. The molecular weight excluding hydrogens is 308 g/mol. The Hall–Kier alpha value is -0.680. The molecule has 0 N–H and O–H groups in total.